The molecule has 3 aromatic rings. The molecule has 1 unspecified atom stereocenters. The third-order valence-electron chi connectivity index (χ3n) is 3.46. The predicted octanol–water partition coefficient (Wildman–Crippen LogP) is 5.48. The van der Waals surface area contributed by atoms with Crippen molar-refractivity contribution < 1.29 is 4.84 Å². The molecule has 3 heteroatoms. The van der Waals surface area contributed by atoms with Gasteiger partial charge in [-0.1, -0.05) is 83.3 Å². The second-order valence-electron chi connectivity index (χ2n) is 5.32. The lowest BCUT2D eigenvalue weighted by Crippen LogP contribution is -1.98. The molecule has 0 radical (unpaired) electrons. The van der Waals surface area contributed by atoms with Gasteiger partial charge in [-0.15, -0.1) is 0 Å². The minimum atomic E-state index is -0.440. The van der Waals surface area contributed by atoms with Crippen molar-refractivity contribution in [2.75, 3.05) is 0 Å². The minimum Gasteiger partial charge on any atom is -0.374 e. The lowest BCUT2D eigenvalue weighted by atomic mass is 10.1. The van der Waals surface area contributed by atoms with Crippen molar-refractivity contribution in [1.82, 2.24) is 0 Å². The van der Waals surface area contributed by atoms with E-state index in [1.165, 1.54) is 0 Å². The van der Waals surface area contributed by atoms with Crippen LogP contribution in [-0.2, 0) is 4.84 Å². The van der Waals surface area contributed by atoms with Gasteiger partial charge in [-0.2, -0.15) is 0 Å². The van der Waals surface area contributed by atoms with Crippen LogP contribution in [-0.4, -0.2) is 6.21 Å². The van der Waals surface area contributed by atoms with Crippen LogP contribution in [0.15, 0.2) is 90.1 Å². The SMILES string of the molecule is Clc1ccc(/C=N/OC(C#Cc2ccccc2)c2ccccc2)cc1. The van der Waals surface area contributed by atoms with Gasteiger partial charge in [0.15, 0.2) is 0 Å². The largest absolute Gasteiger partial charge is 0.374 e. The highest BCUT2D eigenvalue weighted by Crippen LogP contribution is 2.17. The first-order valence-corrected chi connectivity index (χ1v) is 8.25. The van der Waals surface area contributed by atoms with Crippen molar-refractivity contribution in [3.63, 3.8) is 0 Å². The van der Waals surface area contributed by atoms with Crippen molar-refractivity contribution in [2.24, 2.45) is 5.16 Å². The van der Waals surface area contributed by atoms with Gasteiger partial charge in [0, 0.05) is 16.1 Å². The summed E-state index contributed by atoms with van der Waals surface area (Å²) in [6, 6.07) is 27.0. The fourth-order valence-electron chi connectivity index (χ4n) is 2.17. The summed E-state index contributed by atoms with van der Waals surface area (Å²) in [6.07, 6.45) is 1.21. The summed E-state index contributed by atoms with van der Waals surface area (Å²) in [6.45, 7) is 0. The Labute approximate surface area is 152 Å². The fourth-order valence-corrected chi connectivity index (χ4v) is 2.30. The first-order valence-electron chi connectivity index (χ1n) is 7.87. The molecule has 0 aliphatic heterocycles. The Kier molecular flexibility index (Phi) is 5.87. The summed E-state index contributed by atoms with van der Waals surface area (Å²) in [7, 11) is 0. The quantitative estimate of drug-likeness (QED) is 0.348. The normalized spacial score (nSPS) is 11.6. The second kappa shape index (κ2) is 8.73. The van der Waals surface area contributed by atoms with Crippen molar-refractivity contribution in [1.29, 1.82) is 0 Å². The molecule has 0 bridgehead atoms. The number of oxime groups is 1. The summed E-state index contributed by atoms with van der Waals surface area (Å²) < 4.78 is 0. The Morgan fingerprint density at radius 2 is 1.48 bits per heavy atom. The molecule has 122 valence electrons. The number of benzene rings is 3. The van der Waals surface area contributed by atoms with E-state index in [9.17, 15) is 0 Å². The molecular weight excluding hydrogens is 330 g/mol. The van der Waals surface area contributed by atoms with Crippen LogP contribution in [0, 0.1) is 11.8 Å². The lowest BCUT2D eigenvalue weighted by molar-refractivity contribution is 0.101. The van der Waals surface area contributed by atoms with Crippen LogP contribution in [0.25, 0.3) is 0 Å². The van der Waals surface area contributed by atoms with Crippen LogP contribution in [0.2, 0.25) is 5.02 Å². The number of hydrogen-bond acceptors (Lipinski definition) is 2. The Hall–Kier alpha value is -3.02. The van der Waals surface area contributed by atoms with Gasteiger partial charge in [-0.25, -0.2) is 0 Å². The molecule has 0 spiro atoms. The van der Waals surface area contributed by atoms with E-state index < -0.39 is 6.10 Å². The molecule has 0 saturated heterocycles. The minimum absolute atomic E-state index is 0.440. The number of rotatable bonds is 4. The van der Waals surface area contributed by atoms with Gasteiger partial charge in [0.2, 0.25) is 6.10 Å². The van der Waals surface area contributed by atoms with Gasteiger partial charge in [-0.05, 0) is 35.7 Å². The standard InChI is InChI=1S/C22H16ClNO/c23-21-14-11-19(12-15-21)17-24-25-22(20-9-5-2-6-10-20)16-13-18-7-3-1-4-8-18/h1-12,14-15,17,22H/b24-17+. The maximum atomic E-state index is 5.88. The van der Waals surface area contributed by atoms with Crippen LogP contribution >= 0.6 is 11.6 Å². The Morgan fingerprint density at radius 3 is 2.16 bits per heavy atom. The van der Waals surface area contributed by atoms with Gasteiger partial charge in [0.25, 0.3) is 0 Å². The molecule has 0 fully saturated rings. The van der Waals surface area contributed by atoms with Crippen LogP contribution in [0.1, 0.15) is 22.8 Å². The average Bonchev–Trinajstić information content (AvgIpc) is 2.67. The van der Waals surface area contributed by atoms with E-state index in [1.807, 2.05) is 84.9 Å². The Bertz CT molecular complexity index is 878. The van der Waals surface area contributed by atoms with E-state index in [0.29, 0.717) is 5.02 Å². The number of halogens is 1. The number of hydrogen-bond donors (Lipinski definition) is 0. The molecule has 0 N–H and O–H groups in total. The van der Waals surface area contributed by atoms with Crippen LogP contribution in [0.3, 0.4) is 0 Å². The molecular formula is C22H16ClNO. The van der Waals surface area contributed by atoms with E-state index in [0.717, 1.165) is 16.7 Å². The molecule has 0 aliphatic carbocycles. The Morgan fingerprint density at radius 1 is 0.840 bits per heavy atom. The molecule has 2 nitrogen and oxygen atoms in total. The third kappa shape index (κ3) is 5.24. The highest BCUT2D eigenvalue weighted by atomic mass is 35.5. The zero-order valence-corrected chi connectivity index (χ0v) is 14.2. The Balaban J connectivity index is 1.77. The predicted molar refractivity (Wildman–Crippen MR) is 103 cm³/mol. The van der Waals surface area contributed by atoms with E-state index in [4.69, 9.17) is 16.4 Å². The summed E-state index contributed by atoms with van der Waals surface area (Å²) in [5.41, 5.74) is 2.81. The second-order valence-corrected chi connectivity index (χ2v) is 5.75. The first kappa shape index (κ1) is 16.8. The fraction of sp³-hybridized carbons (Fsp3) is 0.0455. The molecule has 25 heavy (non-hydrogen) atoms. The lowest BCUT2D eigenvalue weighted by Gasteiger charge is -2.08. The monoisotopic (exact) mass is 345 g/mol. The van der Waals surface area contributed by atoms with Crippen molar-refractivity contribution in [3.8, 4) is 11.8 Å². The highest BCUT2D eigenvalue weighted by molar-refractivity contribution is 6.30. The molecule has 0 saturated carbocycles. The zero-order valence-electron chi connectivity index (χ0n) is 13.5. The smallest absolute Gasteiger partial charge is 0.213 e. The molecule has 0 aliphatic rings. The van der Waals surface area contributed by atoms with Gasteiger partial charge < -0.3 is 4.84 Å². The average molecular weight is 346 g/mol. The van der Waals surface area contributed by atoms with Crippen molar-refractivity contribution >= 4 is 17.8 Å². The summed E-state index contributed by atoms with van der Waals surface area (Å²) >= 11 is 5.88. The molecule has 3 aromatic carbocycles. The maximum Gasteiger partial charge on any atom is 0.213 e. The highest BCUT2D eigenvalue weighted by Gasteiger charge is 2.08. The van der Waals surface area contributed by atoms with Crippen LogP contribution in [0.4, 0.5) is 0 Å². The van der Waals surface area contributed by atoms with Gasteiger partial charge in [0.05, 0.1) is 6.21 Å². The van der Waals surface area contributed by atoms with E-state index in [1.54, 1.807) is 6.21 Å². The van der Waals surface area contributed by atoms with Gasteiger partial charge in [0.1, 0.15) is 0 Å². The zero-order chi connectivity index (χ0) is 17.3. The van der Waals surface area contributed by atoms with E-state index in [2.05, 4.69) is 17.0 Å². The number of nitrogens with zero attached hydrogens (tertiary/aromatic N) is 1. The topological polar surface area (TPSA) is 21.6 Å². The summed E-state index contributed by atoms with van der Waals surface area (Å²) in [5.74, 6) is 6.27. The van der Waals surface area contributed by atoms with Crippen molar-refractivity contribution in [2.45, 2.75) is 6.10 Å². The molecule has 1 atom stereocenters. The van der Waals surface area contributed by atoms with Crippen LogP contribution < -0.4 is 0 Å². The van der Waals surface area contributed by atoms with Crippen LogP contribution in [0.5, 0.6) is 0 Å². The van der Waals surface area contributed by atoms with E-state index >= 15 is 0 Å². The summed E-state index contributed by atoms with van der Waals surface area (Å²) in [5, 5.41) is 4.78. The van der Waals surface area contributed by atoms with Gasteiger partial charge in [-0.3, -0.25) is 0 Å². The molecule has 0 heterocycles. The third-order valence-corrected chi connectivity index (χ3v) is 3.71. The first-order chi connectivity index (χ1) is 12.3. The van der Waals surface area contributed by atoms with Gasteiger partial charge >= 0.3 is 0 Å². The molecule has 3 rings (SSSR count). The maximum absolute atomic E-state index is 5.88. The molecule has 0 amide bonds. The summed E-state index contributed by atoms with van der Waals surface area (Å²) in [4.78, 5) is 5.65. The molecule has 0 aromatic heterocycles. The van der Waals surface area contributed by atoms with E-state index in [-0.39, 0.29) is 0 Å². The van der Waals surface area contributed by atoms with Crippen molar-refractivity contribution in [3.05, 3.63) is 107 Å².